The Bertz CT molecular complexity index is 531. The molecule has 0 aromatic carbocycles. The van der Waals surface area contributed by atoms with Crippen molar-refractivity contribution >= 4 is 0 Å². The molecular formula is C20H35N5. The van der Waals surface area contributed by atoms with E-state index in [1.165, 1.54) is 57.8 Å². The quantitative estimate of drug-likeness (QED) is 0.819. The summed E-state index contributed by atoms with van der Waals surface area (Å²) in [7, 11) is 2.23. The maximum Gasteiger partial charge on any atom is 0.131 e. The Kier molecular flexibility index (Phi) is 6.42. The standard InChI is InChI=1S/C20H35N5/c1-16(2)20-21-8-5-19(22-20)15-24-9-6-18(7-10-24)17(3)25-13-11-23(4)12-14-25/h5,8,16-18H,6-7,9-15H2,1-4H3/t17-/m1/s1. The smallest absolute Gasteiger partial charge is 0.131 e. The van der Waals surface area contributed by atoms with Crippen LogP contribution < -0.4 is 0 Å². The predicted molar refractivity (Wildman–Crippen MR) is 103 cm³/mol. The summed E-state index contributed by atoms with van der Waals surface area (Å²) in [5, 5.41) is 0. The minimum atomic E-state index is 0.398. The molecule has 3 heterocycles. The van der Waals surface area contributed by atoms with Crippen molar-refractivity contribution in [2.75, 3.05) is 46.3 Å². The first-order chi connectivity index (χ1) is 12.0. The molecule has 0 aliphatic carbocycles. The fourth-order valence-electron chi connectivity index (χ4n) is 4.13. The van der Waals surface area contributed by atoms with Gasteiger partial charge in [-0.1, -0.05) is 13.8 Å². The molecule has 1 atom stereocenters. The van der Waals surface area contributed by atoms with E-state index in [9.17, 15) is 0 Å². The van der Waals surface area contributed by atoms with Gasteiger partial charge in [0.25, 0.3) is 0 Å². The summed E-state index contributed by atoms with van der Waals surface area (Å²) in [6.07, 6.45) is 4.55. The van der Waals surface area contributed by atoms with Gasteiger partial charge in [0.2, 0.25) is 0 Å². The number of likely N-dealkylation sites (N-methyl/N-ethyl adjacent to an activating group) is 1. The van der Waals surface area contributed by atoms with Crippen molar-refractivity contribution in [1.82, 2.24) is 24.7 Å². The molecule has 5 nitrogen and oxygen atoms in total. The van der Waals surface area contributed by atoms with Crippen molar-refractivity contribution in [2.24, 2.45) is 5.92 Å². The Hall–Kier alpha value is -1.04. The first kappa shape index (κ1) is 18.7. The van der Waals surface area contributed by atoms with Gasteiger partial charge < -0.3 is 4.90 Å². The molecule has 5 heteroatoms. The maximum absolute atomic E-state index is 4.74. The molecule has 0 bridgehead atoms. The lowest BCUT2D eigenvalue weighted by molar-refractivity contribution is 0.0595. The van der Waals surface area contributed by atoms with Gasteiger partial charge in [0.05, 0.1) is 5.69 Å². The van der Waals surface area contributed by atoms with E-state index in [-0.39, 0.29) is 0 Å². The Morgan fingerprint density at radius 2 is 1.72 bits per heavy atom. The van der Waals surface area contributed by atoms with Crippen molar-refractivity contribution in [3.8, 4) is 0 Å². The third-order valence-corrected chi connectivity index (χ3v) is 6.06. The number of piperazine rings is 1. The molecule has 2 saturated heterocycles. The average Bonchev–Trinajstić information content (AvgIpc) is 2.63. The first-order valence-electron chi connectivity index (χ1n) is 9.99. The van der Waals surface area contributed by atoms with Gasteiger partial charge >= 0.3 is 0 Å². The molecule has 25 heavy (non-hydrogen) atoms. The number of piperidine rings is 1. The van der Waals surface area contributed by atoms with E-state index in [4.69, 9.17) is 4.98 Å². The predicted octanol–water partition coefficient (Wildman–Crippen LogP) is 2.45. The largest absolute Gasteiger partial charge is 0.304 e. The maximum atomic E-state index is 4.74. The summed E-state index contributed by atoms with van der Waals surface area (Å²) in [5.74, 6) is 2.21. The van der Waals surface area contributed by atoms with Crippen LogP contribution in [0.2, 0.25) is 0 Å². The number of aromatic nitrogens is 2. The van der Waals surface area contributed by atoms with Crippen molar-refractivity contribution in [3.63, 3.8) is 0 Å². The Balaban J connectivity index is 1.48. The van der Waals surface area contributed by atoms with Gasteiger partial charge in [-0.05, 0) is 51.9 Å². The van der Waals surface area contributed by atoms with E-state index in [1.807, 2.05) is 6.20 Å². The van der Waals surface area contributed by atoms with E-state index in [1.54, 1.807) is 0 Å². The van der Waals surface area contributed by atoms with Gasteiger partial charge in [-0.2, -0.15) is 0 Å². The first-order valence-corrected chi connectivity index (χ1v) is 9.99. The van der Waals surface area contributed by atoms with Crippen LogP contribution in [0, 0.1) is 5.92 Å². The van der Waals surface area contributed by atoms with Crippen molar-refractivity contribution in [1.29, 1.82) is 0 Å². The summed E-state index contributed by atoms with van der Waals surface area (Å²) < 4.78 is 0. The number of hydrogen-bond acceptors (Lipinski definition) is 5. The topological polar surface area (TPSA) is 35.5 Å². The lowest BCUT2D eigenvalue weighted by atomic mass is 9.89. The van der Waals surface area contributed by atoms with Crippen LogP contribution in [-0.4, -0.2) is 77.0 Å². The van der Waals surface area contributed by atoms with Crippen LogP contribution in [0.15, 0.2) is 12.3 Å². The lowest BCUT2D eigenvalue weighted by Gasteiger charge is -2.42. The SMILES string of the molecule is CC(C)c1nccc(CN2CCC([C@@H](C)N3CCN(C)CC3)CC2)n1. The molecule has 2 fully saturated rings. The van der Waals surface area contributed by atoms with Crippen molar-refractivity contribution < 1.29 is 0 Å². The fourth-order valence-corrected chi connectivity index (χ4v) is 4.13. The van der Waals surface area contributed by atoms with Crippen LogP contribution >= 0.6 is 0 Å². The highest BCUT2D eigenvalue weighted by Gasteiger charge is 2.29. The number of likely N-dealkylation sites (tertiary alicyclic amines) is 1. The molecule has 2 aliphatic heterocycles. The highest BCUT2D eigenvalue weighted by Crippen LogP contribution is 2.25. The van der Waals surface area contributed by atoms with Gasteiger partial charge in [0.1, 0.15) is 5.82 Å². The molecule has 0 unspecified atom stereocenters. The number of nitrogens with zero attached hydrogens (tertiary/aromatic N) is 5. The zero-order valence-corrected chi connectivity index (χ0v) is 16.5. The minimum Gasteiger partial charge on any atom is -0.304 e. The van der Waals surface area contributed by atoms with Crippen molar-refractivity contribution in [2.45, 2.75) is 52.1 Å². The zero-order valence-electron chi connectivity index (χ0n) is 16.5. The van der Waals surface area contributed by atoms with Crippen LogP contribution in [0.1, 0.15) is 51.0 Å². The molecule has 3 rings (SSSR count). The van der Waals surface area contributed by atoms with Crippen LogP contribution in [0.5, 0.6) is 0 Å². The monoisotopic (exact) mass is 345 g/mol. The lowest BCUT2D eigenvalue weighted by Crippen LogP contribution is -2.51. The molecule has 0 radical (unpaired) electrons. The van der Waals surface area contributed by atoms with E-state index >= 15 is 0 Å². The summed E-state index contributed by atoms with van der Waals surface area (Å²) in [4.78, 5) is 16.8. The van der Waals surface area contributed by atoms with E-state index in [0.717, 1.165) is 24.3 Å². The van der Waals surface area contributed by atoms with Crippen LogP contribution in [0.4, 0.5) is 0 Å². The molecular weight excluding hydrogens is 310 g/mol. The number of hydrogen-bond donors (Lipinski definition) is 0. The fraction of sp³-hybridized carbons (Fsp3) is 0.800. The van der Waals surface area contributed by atoms with Crippen molar-refractivity contribution in [3.05, 3.63) is 23.8 Å². The Labute approximate surface area is 153 Å². The summed E-state index contributed by atoms with van der Waals surface area (Å²) in [6, 6.07) is 2.80. The van der Waals surface area contributed by atoms with Gasteiger partial charge in [-0.15, -0.1) is 0 Å². The second kappa shape index (κ2) is 8.56. The summed E-state index contributed by atoms with van der Waals surface area (Å²) in [6.45, 7) is 15.0. The Morgan fingerprint density at radius 1 is 1.04 bits per heavy atom. The third kappa shape index (κ3) is 4.99. The van der Waals surface area contributed by atoms with Gasteiger partial charge in [0, 0.05) is 50.9 Å². The highest BCUT2D eigenvalue weighted by molar-refractivity contribution is 5.05. The summed E-state index contributed by atoms with van der Waals surface area (Å²) in [5.41, 5.74) is 1.17. The molecule has 1 aromatic heterocycles. The Morgan fingerprint density at radius 3 is 2.36 bits per heavy atom. The van der Waals surface area contributed by atoms with Gasteiger partial charge in [-0.25, -0.2) is 9.97 Å². The van der Waals surface area contributed by atoms with E-state index in [2.05, 4.69) is 53.6 Å². The van der Waals surface area contributed by atoms with E-state index < -0.39 is 0 Å². The zero-order chi connectivity index (χ0) is 17.8. The molecule has 2 aliphatic rings. The second-order valence-electron chi connectivity index (χ2n) is 8.25. The van der Waals surface area contributed by atoms with Crippen LogP contribution in [0.3, 0.4) is 0 Å². The van der Waals surface area contributed by atoms with Gasteiger partial charge in [-0.3, -0.25) is 9.80 Å². The molecule has 0 spiro atoms. The third-order valence-electron chi connectivity index (χ3n) is 6.06. The highest BCUT2D eigenvalue weighted by atomic mass is 15.3. The molecule has 0 N–H and O–H groups in total. The summed E-state index contributed by atoms with van der Waals surface area (Å²) >= 11 is 0. The van der Waals surface area contributed by atoms with Crippen LogP contribution in [-0.2, 0) is 6.54 Å². The second-order valence-corrected chi connectivity index (χ2v) is 8.25. The van der Waals surface area contributed by atoms with Gasteiger partial charge in [0.15, 0.2) is 0 Å². The number of rotatable bonds is 5. The molecule has 1 aromatic rings. The van der Waals surface area contributed by atoms with E-state index in [0.29, 0.717) is 5.92 Å². The normalized spacial score (nSPS) is 23.2. The average molecular weight is 346 g/mol. The molecule has 0 saturated carbocycles. The minimum absolute atomic E-state index is 0.398. The molecule has 0 amide bonds. The van der Waals surface area contributed by atoms with Crippen LogP contribution in [0.25, 0.3) is 0 Å². The molecule has 140 valence electrons.